The molecule has 0 radical (unpaired) electrons. The van der Waals surface area contributed by atoms with E-state index in [-0.39, 0.29) is 11.1 Å². The molecule has 1 aliphatic rings. The van der Waals surface area contributed by atoms with Crippen molar-refractivity contribution < 1.29 is 22.8 Å². The molecule has 0 atom stereocenters. The lowest BCUT2D eigenvalue weighted by Crippen LogP contribution is -2.29. The first-order valence-electron chi connectivity index (χ1n) is 10.5. The molecule has 7 heteroatoms. The van der Waals surface area contributed by atoms with Gasteiger partial charge in [-0.15, -0.1) is 0 Å². The van der Waals surface area contributed by atoms with Crippen molar-refractivity contribution in [2.24, 2.45) is 0 Å². The Morgan fingerprint density at radius 2 is 1.35 bits per heavy atom. The third kappa shape index (κ3) is 2.80. The summed E-state index contributed by atoms with van der Waals surface area (Å²) in [6.07, 6.45) is -4.48. The lowest BCUT2D eigenvalue weighted by molar-refractivity contribution is -0.137. The second kappa shape index (κ2) is 7.05. The van der Waals surface area contributed by atoms with Gasteiger partial charge in [-0.25, -0.2) is 4.90 Å². The van der Waals surface area contributed by atoms with E-state index in [1.165, 1.54) is 6.07 Å². The van der Waals surface area contributed by atoms with Crippen LogP contribution in [-0.2, 0) is 6.18 Å². The molecule has 5 aromatic rings. The highest BCUT2D eigenvalue weighted by molar-refractivity contribution is 6.35. The lowest BCUT2D eigenvalue weighted by Gasteiger charge is -2.14. The van der Waals surface area contributed by atoms with Crippen LogP contribution in [0.25, 0.3) is 27.5 Å². The van der Waals surface area contributed by atoms with Gasteiger partial charge in [-0.3, -0.25) is 9.59 Å². The fourth-order valence-corrected chi connectivity index (χ4v) is 4.67. The summed E-state index contributed by atoms with van der Waals surface area (Å²) in [5.74, 6) is -0.909. The molecule has 6 rings (SSSR count). The zero-order valence-electron chi connectivity index (χ0n) is 17.5. The number of para-hydroxylation sites is 2. The maximum absolute atomic E-state index is 13.5. The fourth-order valence-electron chi connectivity index (χ4n) is 4.67. The molecule has 4 aromatic carbocycles. The molecule has 0 fully saturated rings. The smallest absolute Gasteiger partial charge is 0.308 e. The molecule has 34 heavy (non-hydrogen) atoms. The number of carbonyl (C=O) groups excluding carboxylic acids is 2. The lowest BCUT2D eigenvalue weighted by atomic mass is 10.1. The van der Waals surface area contributed by atoms with Crippen molar-refractivity contribution in [1.29, 1.82) is 0 Å². The summed E-state index contributed by atoms with van der Waals surface area (Å²) >= 11 is 0. The number of halogens is 3. The molecule has 0 bridgehead atoms. The van der Waals surface area contributed by atoms with Crippen molar-refractivity contribution in [2.45, 2.75) is 6.18 Å². The van der Waals surface area contributed by atoms with Crippen molar-refractivity contribution in [1.82, 2.24) is 4.57 Å². The molecular weight excluding hydrogens is 441 g/mol. The number of hydrogen-bond acceptors (Lipinski definition) is 2. The summed E-state index contributed by atoms with van der Waals surface area (Å²) in [4.78, 5) is 27.8. The van der Waals surface area contributed by atoms with Gasteiger partial charge in [0.2, 0.25) is 0 Å². The number of imide groups is 1. The van der Waals surface area contributed by atoms with Crippen LogP contribution >= 0.6 is 0 Å². The second-order valence-corrected chi connectivity index (χ2v) is 8.06. The molecule has 0 saturated heterocycles. The van der Waals surface area contributed by atoms with Gasteiger partial charge in [0, 0.05) is 10.8 Å². The van der Waals surface area contributed by atoms with E-state index < -0.39 is 23.6 Å². The number of amides is 2. The molecule has 0 spiro atoms. The highest BCUT2D eigenvalue weighted by Crippen LogP contribution is 2.39. The van der Waals surface area contributed by atoms with E-state index in [2.05, 4.69) is 0 Å². The Balaban J connectivity index is 1.64. The summed E-state index contributed by atoms with van der Waals surface area (Å²) in [5.41, 5.74) is 1.78. The fraction of sp³-hybridized carbons (Fsp3) is 0.0370. The van der Waals surface area contributed by atoms with Crippen LogP contribution < -0.4 is 4.90 Å². The summed E-state index contributed by atoms with van der Waals surface area (Å²) in [6, 6.07) is 24.3. The zero-order chi connectivity index (χ0) is 23.6. The van der Waals surface area contributed by atoms with E-state index in [9.17, 15) is 22.8 Å². The van der Waals surface area contributed by atoms with E-state index in [1.807, 2.05) is 0 Å². The first-order valence-corrected chi connectivity index (χ1v) is 10.5. The largest absolute Gasteiger partial charge is 0.416 e. The quantitative estimate of drug-likeness (QED) is 0.281. The topological polar surface area (TPSA) is 42.3 Å². The van der Waals surface area contributed by atoms with Gasteiger partial charge in [0.25, 0.3) is 11.8 Å². The average Bonchev–Trinajstić information content (AvgIpc) is 3.30. The molecule has 2 heterocycles. The van der Waals surface area contributed by atoms with Crippen molar-refractivity contribution in [3.8, 4) is 5.69 Å². The van der Waals surface area contributed by atoms with Crippen molar-refractivity contribution in [3.05, 3.63) is 108 Å². The maximum Gasteiger partial charge on any atom is 0.416 e. The predicted molar refractivity (Wildman–Crippen MR) is 123 cm³/mol. The maximum atomic E-state index is 13.5. The summed E-state index contributed by atoms with van der Waals surface area (Å²) < 4.78 is 42.0. The Morgan fingerprint density at radius 1 is 0.647 bits per heavy atom. The normalized spacial score (nSPS) is 13.8. The number of nitrogens with zero attached hydrogens (tertiary/aromatic N) is 2. The van der Waals surface area contributed by atoms with E-state index in [1.54, 1.807) is 77.4 Å². The summed E-state index contributed by atoms with van der Waals surface area (Å²) in [5, 5.41) is 1.04. The van der Waals surface area contributed by atoms with Crippen LogP contribution in [0.5, 0.6) is 0 Å². The molecule has 2 amide bonds. The van der Waals surface area contributed by atoms with Gasteiger partial charge < -0.3 is 4.57 Å². The van der Waals surface area contributed by atoms with E-state index in [0.717, 1.165) is 17.0 Å². The minimum Gasteiger partial charge on any atom is -0.308 e. The van der Waals surface area contributed by atoms with E-state index in [0.29, 0.717) is 33.2 Å². The van der Waals surface area contributed by atoms with Crippen molar-refractivity contribution in [3.63, 3.8) is 0 Å². The minimum absolute atomic E-state index is 0.221. The average molecular weight is 456 g/mol. The van der Waals surface area contributed by atoms with Crippen LogP contribution in [0.15, 0.2) is 91.0 Å². The van der Waals surface area contributed by atoms with E-state index in [4.69, 9.17) is 0 Å². The van der Waals surface area contributed by atoms with Gasteiger partial charge in [0.1, 0.15) is 0 Å². The highest BCUT2D eigenvalue weighted by atomic mass is 19.4. The number of rotatable bonds is 2. The number of anilines is 1. The molecular formula is C27H15F3N2O2. The van der Waals surface area contributed by atoms with Gasteiger partial charge in [-0.05, 0) is 48.5 Å². The Morgan fingerprint density at radius 3 is 2.12 bits per heavy atom. The molecule has 0 unspecified atom stereocenters. The number of benzene rings is 4. The first-order chi connectivity index (χ1) is 16.4. The van der Waals surface area contributed by atoms with Crippen LogP contribution in [0, 0.1) is 0 Å². The molecule has 0 N–H and O–H groups in total. The molecule has 1 aromatic heterocycles. The SMILES string of the molecule is O=C1c2cccc(-n3c4ccccc4c4cc(C(F)(F)F)ccc43)c2C(=O)N1c1ccccc1. The summed E-state index contributed by atoms with van der Waals surface area (Å²) in [7, 11) is 0. The number of carbonyl (C=O) groups is 2. The van der Waals surface area contributed by atoms with Crippen LogP contribution in [0.1, 0.15) is 26.3 Å². The molecule has 0 aliphatic carbocycles. The van der Waals surface area contributed by atoms with Gasteiger partial charge in [-0.2, -0.15) is 13.2 Å². The van der Waals surface area contributed by atoms with Crippen LogP contribution in [0.3, 0.4) is 0 Å². The molecule has 1 aliphatic heterocycles. The molecule has 0 saturated carbocycles. The number of aromatic nitrogens is 1. The first kappa shape index (κ1) is 20.2. The number of hydrogen-bond donors (Lipinski definition) is 0. The number of fused-ring (bicyclic) bond motifs is 4. The zero-order valence-corrected chi connectivity index (χ0v) is 17.5. The summed E-state index contributed by atoms with van der Waals surface area (Å²) in [6.45, 7) is 0. The third-order valence-corrected chi connectivity index (χ3v) is 6.15. The van der Waals surface area contributed by atoms with Crippen molar-refractivity contribution in [2.75, 3.05) is 4.90 Å². The van der Waals surface area contributed by atoms with Gasteiger partial charge in [-0.1, -0.05) is 42.5 Å². The molecule has 166 valence electrons. The van der Waals surface area contributed by atoms with Crippen LogP contribution in [0.2, 0.25) is 0 Å². The van der Waals surface area contributed by atoms with Gasteiger partial charge >= 0.3 is 6.18 Å². The highest BCUT2D eigenvalue weighted by Gasteiger charge is 2.39. The second-order valence-electron chi connectivity index (χ2n) is 8.06. The van der Waals surface area contributed by atoms with Crippen LogP contribution in [-0.4, -0.2) is 16.4 Å². The Bertz CT molecular complexity index is 1640. The monoisotopic (exact) mass is 456 g/mol. The van der Waals surface area contributed by atoms with E-state index >= 15 is 0 Å². The molecule has 4 nitrogen and oxygen atoms in total. The Kier molecular flexibility index (Phi) is 4.20. The van der Waals surface area contributed by atoms with Crippen molar-refractivity contribution >= 4 is 39.3 Å². The number of alkyl halides is 3. The van der Waals surface area contributed by atoms with Gasteiger partial charge in [0.05, 0.1) is 39.1 Å². The standard InChI is InChI=1S/C27H15F3N2O2/c28-27(29,30)16-13-14-22-20(15-16)18-9-4-5-11-21(18)32(22)23-12-6-10-19-24(23)26(34)31(25(19)33)17-7-2-1-3-8-17/h1-15H. The van der Waals surface area contributed by atoms with Gasteiger partial charge in [0.15, 0.2) is 0 Å². The third-order valence-electron chi connectivity index (χ3n) is 6.15. The Labute approximate surface area is 191 Å². The minimum atomic E-state index is -4.48. The van der Waals surface area contributed by atoms with Crippen LogP contribution in [0.4, 0.5) is 18.9 Å². The predicted octanol–water partition coefficient (Wildman–Crippen LogP) is 6.60. The Hall–Kier alpha value is -4.39.